The number of hydrogen-bond donors (Lipinski definition) is 1. The molecule has 2 nitrogen and oxygen atoms in total. The smallest absolute Gasteiger partial charge is 0.168 e. The first kappa shape index (κ1) is 15.5. The van der Waals surface area contributed by atoms with Crippen LogP contribution in [0.15, 0.2) is 42.5 Å². The molecule has 2 aromatic rings. The summed E-state index contributed by atoms with van der Waals surface area (Å²) in [5, 5.41) is 9.60. The van der Waals surface area contributed by atoms with Crippen molar-refractivity contribution in [3.63, 3.8) is 0 Å². The second-order valence-corrected chi connectivity index (χ2v) is 5.32. The average molecular weight is 288 g/mol. The molecule has 1 unspecified atom stereocenters. The van der Waals surface area contributed by atoms with Gasteiger partial charge in [-0.1, -0.05) is 36.4 Å². The molecule has 0 spiro atoms. The van der Waals surface area contributed by atoms with Crippen molar-refractivity contribution < 1.29 is 14.2 Å². The molecule has 112 valence electrons. The molecule has 2 rings (SSSR count). The molecule has 0 radical (unpaired) electrons. The molecule has 0 aliphatic heterocycles. The first-order valence-electron chi connectivity index (χ1n) is 7.12. The third-order valence-corrected chi connectivity index (χ3v) is 3.80. The summed E-state index contributed by atoms with van der Waals surface area (Å²) in [6.45, 7) is 2.08. The minimum Gasteiger partial charge on any atom is -0.494 e. The lowest BCUT2D eigenvalue weighted by Gasteiger charge is -2.17. The summed E-state index contributed by atoms with van der Waals surface area (Å²) in [6.07, 6.45) is 1.23. The van der Waals surface area contributed by atoms with Gasteiger partial charge in [0.2, 0.25) is 0 Å². The number of aryl methyl sites for hydroxylation is 1. The minimum atomic E-state index is -0.330. The van der Waals surface area contributed by atoms with Crippen molar-refractivity contribution in [3.05, 3.63) is 65.0 Å². The van der Waals surface area contributed by atoms with Gasteiger partial charge in [-0.3, -0.25) is 0 Å². The second-order valence-electron chi connectivity index (χ2n) is 5.32. The maximum Gasteiger partial charge on any atom is 0.168 e. The predicted octanol–water partition coefficient (Wildman–Crippen LogP) is 3.54. The number of ether oxygens (including phenoxy) is 1. The van der Waals surface area contributed by atoms with Gasteiger partial charge in [-0.2, -0.15) is 0 Å². The molecule has 0 aliphatic carbocycles. The lowest BCUT2D eigenvalue weighted by Crippen LogP contribution is -2.14. The van der Waals surface area contributed by atoms with Crippen LogP contribution in [0.25, 0.3) is 0 Å². The highest BCUT2D eigenvalue weighted by atomic mass is 19.1. The average Bonchev–Trinajstić information content (AvgIpc) is 2.50. The topological polar surface area (TPSA) is 29.5 Å². The van der Waals surface area contributed by atoms with E-state index in [-0.39, 0.29) is 24.1 Å². The molecule has 0 aromatic heterocycles. The normalized spacial score (nSPS) is 12.2. The molecule has 0 aliphatic rings. The third kappa shape index (κ3) is 3.82. The Hall–Kier alpha value is -1.87. The van der Waals surface area contributed by atoms with Gasteiger partial charge < -0.3 is 9.84 Å². The lowest BCUT2D eigenvalue weighted by atomic mass is 9.91. The maximum absolute atomic E-state index is 14.2. The highest BCUT2D eigenvalue weighted by Crippen LogP contribution is 2.24. The second kappa shape index (κ2) is 7.23. The van der Waals surface area contributed by atoms with Crippen LogP contribution in [0.3, 0.4) is 0 Å². The molecule has 0 heterocycles. The standard InChI is InChI=1S/C18H21FO2/c1-13-6-3-4-7-15(13)10-14(12-20)11-16-8-5-9-17(21-2)18(16)19/h3-9,14,20H,10-12H2,1-2H3. The molecule has 3 heteroatoms. The highest BCUT2D eigenvalue weighted by Gasteiger charge is 2.15. The third-order valence-electron chi connectivity index (χ3n) is 3.80. The number of aliphatic hydroxyl groups is 1. The van der Waals surface area contributed by atoms with Crippen LogP contribution < -0.4 is 4.74 Å². The lowest BCUT2D eigenvalue weighted by molar-refractivity contribution is 0.223. The van der Waals surface area contributed by atoms with E-state index in [4.69, 9.17) is 4.74 Å². The fourth-order valence-corrected chi connectivity index (χ4v) is 2.53. The zero-order chi connectivity index (χ0) is 15.2. The zero-order valence-electron chi connectivity index (χ0n) is 12.5. The van der Waals surface area contributed by atoms with E-state index < -0.39 is 0 Å². The zero-order valence-corrected chi connectivity index (χ0v) is 12.5. The largest absolute Gasteiger partial charge is 0.494 e. The van der Waals surface area contributed by atoms with Crippen LogP contribution in [0.5, 0.6) is 5.75 Å². The number of aliphatic hydroxyl groups excluding tert-OH is 1. The molecule has 2 aromatic carbocycles. The van der Waals surface area contributed by atoms with Crippen molar-refractivity contribution in [2.24, 2.45) is 5.92 Å². The van der Waals surface area contributed by atoms with E-state index in [9.17, 15) is 9.50 Å². The van der Waals surface area contributed by atoms with E-state index in [0.29, 0.717) is 12.0 Å². The van der Waals surface area contributed by atoms with Crippen LogP contribution in [-0.2, 0) is 12.8 Å². The molecule has 21 heavy (non-hydrogen) atoms. The number of rotatable bonds is 6. The van der Waals surface area contributed by atoms with Crippen LogP contribution >= 0.6 is 0 Å². The van der Waals surface area contributed by atoms with Crippen molar-refractivity contribution >= 4 is 0 Å². The van der Waals surface area contributed by atoms with Crippen molar-refractivity contribution in [2.45, 2.75) is 19.8 Å². The van der Waals surface area contributed by atoms with Crippen LogP contribution in [-0.4, -0.2) is 18.8 Å². The van der Waals surface area contributed by atoms with Crippen molar-refractivity contribution in [3.8, 4) is 5.75 Å². The number of hydrogen-bond acceptors (Lipinski definition) is 2. The predicted molar refractivity (Wildman–Crippen MR) is 82.1 cm³/mol. The fourth-order valence-electron chi connectivity index (χ4n) is 2.53. The van der Waals surface area contributed by atoms with E-state index in [2.05, 4.69) is 19.1 Å². The van der Waals surface area contributed by atoms with E-state index in [1.807, 2.05) is 12.1 Å². The summed E-state index contributed by atoms with van der Waals surface area (Å²) < 4.78 is 19.2. The molecule has 0 saturated carbocycles. The molecule has 1 N–H and O–H groups in total. The highest BCUT2D eigenvalue weighted by molar-refractivity contribution is 5.32. The van der Waals surface area contributed by atoms with Gasteiger partial charge in [-0.15, -0.1) is 0 Å². The van der Waals surface area contributed by atoms with E-state index in [1.165, 1.54) is 18.2 Å². The molecule has 0 fully saturated rings. The van der Waals surface area contributed by atoms with Crippen molar-refractivity contribution in [2.75, 3.05) is 13.7 Å². The summed E-state index contributed by atoms with van der Waals surface area (Å²) in [4.78, 5) is 0. The Kier molecular flexibility index (Phi) is 5.34. The van der Waals surface area contributed by atoms with Gasteiger partial charge in [0.15, 0.2) is 11.6 Å². The summed E-state index contributed by atoms with van der Waals surface area (Å²) in [5.74, 6) is -0.0870. The monoisotopic (exact) mass is 288 g/mol. The van der Waals surface area contributed by atoms with Gasteiger partial charge in [0.1, 0.15) is 0 Å². The maximum atomic E-state index is 14.2. The van der Waals surface area contributed by atoms with Gasteiger partial charge in [-0.25, -0.2) is 4.39 Å². The number of methoxy groups -OCH3 is 1. The molecule has 0 saturated heterocycles. The molecular weight excluding hydrogens is 267 g/mol. The van der Waals surface area contributed by atoms with Gasteiger partial charge in [0.05, 0.1) is 7.11 Å². The summed E-state index contributed by atoms with van der Waals surface area (Å²) in [5.41, 5.74) is 2.98. The Labute approximate surface area is 125 Å². The van der Waals surface area contributed by atoms with Crippen molar-refractivity contribution in [1.82, 2.24) is 0 Å². The van der Waals surface area contributed by atoms with Gasteiger partial charge in [0, 0.05) is 6.61 Å². The Morgan fingerprint density at radius 1 is 1.05 bits per heavy atom. The first-order chi connectivity index (χ1) is 10.2. The van der Waals surface area contributed by atoms with Gasteiger partial charge >= 0.3 is 0 Å². The van der Waals surface area contributed by atoms with Crippen LogP contribution in [0.4, 0.5) is 4.39 Å². The van der Waals surface area contributed by atoms with Gasteiger partial charge in [-0.05, 0) is 48.4 Å². The summed E-state index contributed by atoms with van der Waals surface area (Å²) in [6, 6.07) is 13.2. The number of halogens is 1. The SMILES string of the molecule is COc1cccc(CC(CO)Cc2ccccc2C)c1F. The molecular formula is C18H21FO2. The quantitative estimate of drug-likeness (QED) is 0.881. The van der Waals surface area contributed by atoms with Crippen molar-refractivity contribution in [1.29, 1.82) is 0 Å². The Morgan fingerprint density at radius 2 is 1.71 bits per heavy atom. The van der Waals surface area contributed by atoms with Crippen LogP contribution in [0, 0.1) is 18.7 Å². The Bertz CT molecular complexity index is 596. The summed E-state index contributed by atoms with van der Waals surface area (Å²) in [7, 11) is 1.46. The molecule has 0 bridgehead atoms. The number of benzene rings is 2. The first-order valence-corrected chi connectivity index (χ1v) is 7.12. The Balaban J connectivity index is 2.15. The summed E-state index contributed by atoms with van der Waals surface area (Å²) >= 11 is 0. The van der Waals surface area contributed by atoms with E-state index in [1.54, 1.807) is 18.2 Å². The van der Waals surface area contributed by atoms with E-state index >= 15 is 0 Å². The minimum absolute atomic E-state index is 0.00675. The fraction of sp³-hybridized carbons (Fsp3) is 0.333. The van der Waals surface area contributed by atoms with E-state index in [0.717, 1.165) is 6.42 Å². The molecule has 0 amide bonds. The van der Waals surface area contributed by atoms with Gasteiger partial charge in [0.25, 0.3) is 0 Å². The molecule has 1 atom stereocenters. The van der Waals surface area contributed by atoms with Crippen LogP contribution in [0.2, 0.25) is 0 Å². The Morgan fingerprint density at radius 3 is 2.38 bits per heavy atom. The van der Waals surface area contributed by atoms with Crippen LogP contribution in [0.1, 0.15) is 16.7 Å².